The zero-order valence-electron chi connectivity index (χ0n) is 23.2. The standard InChI is InChI=1S/C31H52BrN/c1-10-12-26(23(5)30(7,8)9)19-27-24(6)33(20-25-14-15-25)18-17-31(27,11-2)29-21(3)13-16-28(32)22(29)4/h13,16,23-27H,10-12,14-15,17-20H2,1-9H3/t23-,24?,26?,27?,31?/m1/s1. The van der Waals surface area contributed by atoms with Crippen molar-refractivity contribution in [2.45, 2.75) is 119 Å². The van der Waals surface area contributed by atoms with Gasteiger partial charge >= 0.3 is 0 Å². The SMILES string of the molecule is CCCC(CC1C(C)N(CC2CC2)CCC1(CC)c1c(C)ccc(Br)c1C)[C@@H](C)C(C)(C)C. The van der Waals surface area contributed by atoms with Crippen LogP contribution in [0.5, 0.6) is 0 Å². The largest absolute Gasteiger partial charge is 0.300 e. The Hall–Kier alpha value is -0.340. The van der Waals surface area contributed by atoms with Crippen LogP contribution in [0.1, 0.15) is 110 Å². The molecule has 1 aromatic carbocycles. The van der Waals surface area contributed by atoms with Gasteiger partial charge in [-0.2, -0.15) is 0 Å². The van der Waals surface area contributed by atoms with Gasteiger partial charge in [-0.1, -0.05) is 76.4 Å². The lowest BCUT2D eigenvalue weighted by atomic mass is 9.56. The number of likely N-dealkylation sites (tertiary alicyclic amines) is 1. The molecule has 0 aromatic heterocycles. The van der Waals surface area contributed by atoms with Crippen LogP contribution < -0.4 is 0 Å². The molecule has 0 radical (unpaired) electrons. The van der Waals surface area contributed by atoms with E-state index in [1.165, 1.54) is 73.6 Å². The highest BCUT2D eigenvalue weighted by atomic mass is 79.9. The van der Waals surface area contributed by atoms with E-state index in [1.54, 1.807) is 5.56 Å². The molecule has 5 atom stereocenters. The summed E-state index contributed by atoms with van der Waals surface area (Å²) in [6.45, 7) is 24.7. The first-order chi connectivity index (χ1) is 15.5. The van der Waals surface area contributed by atoms with E-state index in [4.69, 9.17) is 0 Å². The van der Waals surface area contributed by atoms with Crippen LogP contribution in [0.25, 0.3) is 0 Å². The van der Waals surface area contributed by atoms with E-state index in [0.29, 0.717) is 17.4 Å². The van der Waals surface area contributed by atoms with Crippen molar-refractivity contribution < 1.29 is 0 Å². The van der Waals surface area contributed by atoms with Crippen LogP contribution in [0.4, 0.5) is 0 Å². The lowest BCUT2D eigenvalue weighted by Crippen LogP contribution is -2.56. The Bertz CT molecular complexity index is 789. The van der Waals surface area contributed by atoms with Gasteiger partial charge in [-0.3, -0.25) is 0 Å². The van der Waals surface area contributed by atoms with Crippen molar-refractivity contribution in [1.29, 1.82) is 0 Å². The lowest BCUT2D eigenvalue weighted by Gasteiger charge is -2.55. The van der Waals surface area contributed by atoms with Crippen LogP contribution >= 0.6 is 15.9 Å². The van der Waals surface area contributed by atoms with Crippen molar-refractivity contribution in [1.82, 2.24) is 4.90 Å². The molecule has 2 fully saturated rings. The third-order valence-corrected chi connectivity index (χ3v) is 10.8. The second-order valence-corrected chi connectivity index (χ2v) is 13.7. The molecule has 0 amide bonds. The highest BCUT2D eigenvalue weighted by Crippen LogP contribution is 2.53. The van der Waals surface area contributed by atoms with E-state index in [0.717, 1.165) is 17.8 Å². The third-order valence-electron chi connectivity index (χ3n) is 9.93. The Balaban J connectivity index is 2.07. The molecule has 0 spiro atoms. The molecule has 1 aliphatic heterocycles. The first-order valence-corrected chi connectivity index (χ1v) is 14.8. The topological polar surface area (TPSA) is 3.24 Å². The summed E-state index contributed by atoms with van der Waals surface area (Å²) in [6.07, 6.45) is 9.50. The molecule has 1 aliphatic carbocycles. The average Bonchev–Trinajstić information content (AvgIpc) is 3.57. The number of benzene rings is 1. The van der Waals surface area contributed by atoms with Crippen molar-refractivity contribution in [2.24, 2.45) is 29.1 Å². The van der Waals surface area contributed by atoms with Gasteiger partial charge in [0.25, 0.3) is 0 Å². The van der Waals surface area contributed by atoms with Gasteiger partial charge in [0.15, 0.2) is 0 Å². The molecule has 0 N–H and O–H groups in total. The minimum atomic E-state index is 0.279. The van der Waals surface area contributed by atoms with Crippen LogP contribution in [0.2, 0.25) is 0 Å². The average molecular weight is 519 g/mol. The van der Waals surface area contributed by atoms with Gasteiger partial charge in [0.1, 0.15) is 0 Å². The molecule has 1 nitrogen and oxygen atoms in total. The monoisotopic (exact) mass is 517 g/mol. The first-order valence-electron chi connectivity index (χ1n) is 14.0. The number of nitrogens with zero attached hydrogens (tertiary/aromatic N) is 1. The molecule has 4 unspecified atom stereocenters. The number of aryl methyl sites for hydroxylation is 1. The molecule has 188 valence electrons. The molecule has 3 rings (SSSR count). The Morgan fingerprint density at radius 1 is 1.15 bits per heavy atom. The summed E-state index contributed by atoms with van der Waals surface area (Å²) < 4.78 is 1.29. The fourth-order valence-corrected chi connectivity index (χ4v) is 7.58. The van der Waals surface area contributed by atoms with Gasteiger partial charge in [0.05, 0.1) is 0 Å². The van der Waals surface area contributed by atoms with Crippen molar-refractivity contribution in [3.05, 3.63) is 33.3 Å². The van der Waals surface area contributed by atoms with E-state index in [-0.39, 0.29) is 5.41 Å². The van der Waals surface area contributed by atoms with Gasteiger partial charge in [-0.15, -0.1) is 0 Å². The Labute approximate surface area is 214 Å². The zero-order valence-corrected chi connectivity index (χ0v) is 24.8. The fraction of sp³-hybridized carbons (Fsp3) is 0.806. The molecular weight excluding hydrogens is 466 g/mol. The Morgan fingerprint density at radius 2 is 1.82 bits per heavy atom. The van der Waals surface area contributed by atoms with Crippen LogP contribution in [-0.2, 0) is 5.41 Å². The minimum absolute atomic E-state index is 0.279. The number of piperidine rings is 1. The van der Waals surface area contributed by atoms with Gasteiger partial charge in [0.2, 0.25) is 0 Å². The van der Waals surface area contributed by atoms with E-state index >= 15 is 0 Å². The normalized spacial score (nSPS) is 28.7. The second kappa shape index (κ2) is 10.7. The third kappa shape index (κ3) is 5.74. The minimum Gasteiger partial charge on any atom is -0.300 e. The number of hydrogen-bond donors (Lipinski definition) is 0. The number of hydrogen-bond acceptors (Lipinski definition) is 1. The smallest absolute Gasteiger partial charge is 0.0207 e. The maximum Gasteiger partial charge on any atom is 0.0207 e. The highest BCUT2D eigenvalue weighted by Gasteiger charge is 2.49. The predicted molar refractivity (Wildman–Crippen MR) is 149 cm³/mol. The van der Waals surface area contributed by atoms with Crippen LogP contribution in [-0.4, -0.2) is 24.0 Å². The van der Waals surface area contributed by atoms with Gasteiger partial charge < -0.3 is 4.90 Å². The van der Waals surface area contributed by atoms with Crippen molar-refractivity contribution in [2.75, 3.05) is 13.1 Å². The van der Waals surface area contributed by atoms with Crippen LogP contribution in [0.3, 0.4) is 0 Å². The molecule has 1 saturated heterocycles. The van der Waals surface area contributed by atoms with E-state index < -0.39 is 0 Å². The molecule has 2 aliphatic rings. The summed E-state index contributed by atoms with van der Waals surface area (Å²) in [5.74, 6) is 3.21. The quantitative estimate of drug-likeness (QED) is 0.315. The zero-order chi connectivity index (χ0) is 24.6. The molecule has 33 heavy (non-hydrogen) atoms. The molecule has 1 aromatic rings. The summed E-state index contributed by atoms with van der Waals surface area (Å²) in [7, 11) is 0. The lowest BCUT2D eigenvalue weighted by molar-refractivity contribution is 0.00247. The molecule has 0 bridgehead atoms. The molecule has 1 heterocycles. The van der Waals surface area contributed by atoms with E-state index in [1.807, 2.05) is 0 Å². The summed E-state index contributed by atoms with van der Waals surface area (Å²) in [4.78, 5) is 2.89. The summed E-state index contributed by atoms with van der Waals surface area (Å²) >= 11 is 3.90. The maximum atomic E-state index is 3.90. The van der Waals surface area contributed by atoms with E-state index in [2.05, 4.69) is 95.3 Å². The van der Waals surface area contributed by atoms with Gasteiger partial charge in [0, 0.05) is 22.5 Å². The van der Waals surface area contributed by atoms with Crippen molar-refractivity contribution in [3.8, 4) is 0 Å². The molecule has 1 saturated carbocycles. The second-order valence-electron chi connectivity index (χ2n) is 12.8. The van der Waals surface area contributed by atoms with Crippen LogP contribution in [0, 0.1) is 42.9 Å². The maximum absolute atomic E-state index is 3.90. The first kappa shape index (κ1) is 27.3. The van der Waals surface area contributed by atoms with Crippen molar-refractivity contribution in [3.63, 3.8) is 0 Å². The Kier molecular flexibility index (Phi) is 8.86. The van der Waals surface area contributed by atoms with Gasteiger partial charge in [-0.25, -0.2) is 0 Å². The van der Waals surface area contributed by atoms with Crippen LogP contribution in [0.15, 0.2) is 16.6 Å². The Morgan fingerprint density at radius 3 is 2.36 bits per heavy atom. The van der Waals surface area contributed by atoms with Crippen molar-refractivity contribution >= 4 is 15.9 Å². The highest BCUT2D eigenvalue weighted by molar-refractivity contribution is 9.10. The van der Waals surface area contributed by atoms with Gasteiger partial charge in [-0.05, 0) is 111 Å². The fourth-order valence-electron chi connectivity index (χ4n) is 7.25. The summed E-state index contributed by atoms with van der Waals surface area (Å²) in [6, 6.07) is 5.28. The molecular formula is C31H52BrN. The number of rotatable bonds is 9. The number of halogens is 1. The predicted octanol–water partition coefficient (Wildman–Crippen LogP) is 9.32. The molecule has 2 heteroatoms. The summed E-state index contributed by atoms with van der Waals surface area (Å²) in [5.41, 5.74) is 5.30. The summed E-state index contributed by atoms with van der Waals surface area (Å²) in [5, 5.41) is 0. The van der Waals surface area contributed by atoms with E-state index in [9.17, 15) is 0 Å².